The van der Waals surface area contributed by atoms with Crippen molar-refractivity contribution in [2.24, 2.45) is 0 Å². The normalized spacial score (nSPS) is 10.6. The number of aryl methyl sites for hydroxylation is 1. The zero-order valence-corrected chi connectivity index (χ0v) is 13.4. The van der Waals surface area contributed by atoms with E-state index in [-0.39, 0.29) is 5.91 Å². The highest BCUT2D eigenvalue weighted by atomic mass is 127. The van der Waals surface area contributed by atoms with Gasteiger partial charge in [-0.3, -0.25) is 4.79 Å². The number of furan rings is 2. The summed E-state index contributed by atoms with van der Waals surface area (Å²) in [4.78, 5) is 14.2. The Morgan fingerprint density at radius 2 is 2.05 bits per heavy atom. The third kappa shape index (κ3) is 2.73. The summed E-state index contributed by atoms with van der Waals surface area (Å²) in [5.74, 6) is 0.277. The maximum Gasteiger partial charge on any atom is 0.268 e. The van der Waals surface area contributed by atoms with Crippen molar-refractivity contribution >= 4 is 40.1 Å². The number of amides is 1. The van der Waals surface area contributed by atoms with E-state index in [9.17, 15) is 4.79 Å². The molecule has 0 aliphatic rings. The molecule has 0 N–H and O–H groups in total. The number of rotatable bonds is 3. The molecule has 0 radical (unpaired) electrons. The molecule has 0 spiro atoms. The number of carbonyl (C=O) groups is 1. The van der Waals surface area contributed by atoms with Gasteiger partial charge < -0.3 is 8.83 Å². The number of hydrogen-bond acceptors (Lipinski definition) is 3. The van der Waals surface area contributed by atoms with Gasteiger partial charge in [-0.25, -0.2) is 4.90 Å². The van der Waals surface area contributed by atoms with E-state index >= 15 is 0 Å². The lowest BCUT2D eigenvalue weighted by Crippen LogP contribution is -2.25. The molecule has 0 unspecified atom stereocenters. The SMILES string of the molecule is Cc1ccc(N(C(=O)c2ccoc2)c2ccco2)cc1I. The van der Waals surface area contributed by atoms with E-state index in [1.165, 1.54) is 17.4 Å². The number of carbonyl (C=O) groups excluding carboxylic acids is 1. The summed E-state index contributed by atoms with van der Waals surface area (Å²) in [5, 5.41) is 0. The molecule has 0 aliphatic carbocycles. The Labute approximate surface area is 135 Å². The molecule has 3 rings (SSSR count). The van der Waals surface area contributed by atoms with Crippen LogP contribution < -0.4 is 4.90 Å². The summed E-state index contributed by atoms with van der Waals surface area (Å²) < 4.78 is 11.5. The maximum absolute atomic E-state index is 12.7. The summed E-state index contributed by atoms with van der Waals surface area (Å²) in [6.07, 6.45) is 4.45. The van der Waals surface area contributed by atoms with Gasteiger partial charge in [-0.2, -0.15) is 0 Å². The van der Waals surface area contributed by atoms with Crippen LogP contribution in [0.2, 0.25) is 0 Å². The zero-order chi connectivity index (χ0) is 14.8. The Bertz CT molecular complexity index is 748. The van der Waals surface area contributed by atoms with Crippen LogP contribution in [0.4, 0.5) is 11.6 Å². The first kappa shape index (κ1) is 13.9. The van der Waals surface area contributed by atoms with Gasteiger partial charge in [0.05, 0.1) is 23.8 Å². The minimum atomic E-state index is -0.196. The lowest BCUT2D eigenvalue weighted by molar-refractivity contribution is 0.0995. The fourth-order valence-corrected chi connectivity index (χ4v) is 2.48. The van der Waals surface area contributed by atoms with E-state index < -0.39 is 0 Å². The number of hydrogen-bond donors (Lipinski definition) is 0. The highest BCUT2D eigenvalue weighted by molar-refractivity contribution is 14.1. The van der Waals surface area contributed by atoms with E-state index in [1.54, 1.807) is 24.5 Å². The summed E-state index contributed by atoms with van der Waals surface area (Å²) in [5.41, 5.74) is 2.39. The largest absolute Gasteiger partial charge is 0.472 e. The van der Waals surface area contributed by atoms with Gasteiger partial charge in [0.25, 0.3) is 5.91 Å². The Hall–Kier alpha value is -2.02. The minimum Gasteiger partial charge on any atom is -0.472 e. The van der Waals surface area contributed by atoms with Crippen molar-refractivity contribution in [3.05, 3.63) is 69.9 Å². The molecule has 0 fully saturated rings. The van der Waals surface area contributed by atoms with Crippen LogP contribution in [0.15, 0.2) is 64.0 Å². The number of anilines is 2. The molecule has 0 saturated heterocycles. The van der Waals surface area contributed by atoms with Crippen LogP contribution >= 0.6 is 22.6 Å². The minimum absolute atomic E-state index is 0.196. The van der Waals surface area contributed by atoms with Crippen LogP contribution in [0.3, 0.4) is 0 Å². The fourth-order valence-electron chi connectivity index (χ4n) is 1.98. The zero-order valence-electron chi connectivity index (χ0n) is 11.2. The van der Waals surface area contributed by atoms with E-state index in [2.05, 4.69) is 22.6 Å². The Morgan fingerprint density at radius 3 is 2.67 bits per heavy atom. The van der Waals surface area contributed by atoms with Gasteiger partial charge in [-0.15, -0.1) is 0 Å². The van der Waals surface area contributed by atoms with Gasteiger partial charge in [0.15, 0.2) is 0 Å². The quantitative estimate of drug-likeness (QED) is 0.603. The maximum atomic E-state index is 12.7. The summed E-state index contributed by atoms with van der Waals surface area (Å²) >= 11 is 2.25. The first-order chi connectivity index (χ1) is 10.2. The van der Waals surface area contributed by atoms with Crippen molar-refractivity contribution < 1.29 is 13.6 Å². The van der Waals surface area contributed by atoms with Crippen molar-refractivity contribution in [3.8, 4) is 0 Å². The Balaban J connectivity index is 2.08. The molecule has 21 heavy (non-hydrogen) atoms. The summed E-state index contributed by atoms with van der Waals surface area (Å²) in [7, 11) is 0. The monoisotopic (exact) mass is 393 g/mol. The molecular weight excluding hydrogens is 381 g/mol. The van der Waals surface area contributed by atoms with E-state index in [1.807, 2.05) is 25.1 Å². The van der Waals surface area contributed by atoms with Crippen molar-refractivity contribution in [2.75, 3.05) is 4.90 Å². The first-order valence-corrected chi connectivity index (χ1v) is 7.41. The molecular formula is C16H12INO3. The Kier molecular flexibility index (Phi) is 3.83. The third-order valence-corrected chi connectivity index (χ3v) is 4.27. The highest BCUT2D eigenvalue weighted by Crippen LogP contribution is 2.30. The van der Waals surface area contributed by atoms with Crippen LogP contribution in [0.25, 0.3) is 0 Å². The highest BCUT2D eigenvalue weighted by Gasteiger charge is 2.23. The molecule has 106 valence electrons. The van der Waals surface area contributed by atoms with Crippen LogP contribution in [0, 0.1) is 10.5 Å². The molecule has 3 aromatic rings. The predicted octanol–water partition coefficient (Wildman–Crippen LogP) is 4.76. The second-order valence-corrected chi connectivity index (χ2v) is 5.70. The Morgan fingerprint density at radius 1 is 1.19 bits per heavy atom. The molecule has 0 bridgehead atoms. The van der Waals surface area contributed by atoms with Gasteiger partial charge in [0.1, 0.15) is 6.26 Å². The van der Waals surface area contributed by atoms with E-state index in [0.29, 0.717) is 11.4 Å². The average Bonchev–Trinajstić information content (AvgIpc) is 3.15. The third-order valence-electron chi connectivity index (χ3n) is 3.11. The number of nitrogens with zero attached hydrogens (tertiary/aromatic N) is 1. The van der Waals surface area contributed by atoms with Gasteiger partial charge in [-0.1, -0.05) is 6.07 Å². The molecule has 0 aliphatic heterocycles. The van der Waals surface area contributed by atoms with Crippen LogP contribution in [-0.2, 0) is 0 Å². The van der Waals surface area contributed by atoms with Crippen molar-refractivity contribution in [2.45, 2.75) is 6.92 Å². The number of halogens is 1. The lowest BCUT2D eigenvalue weighted by atomic mass is 10.2. The molecule has 5 heteroatoms. The molecule has 1 aromatic carbocycles. The average molecular weight is 393 g/mol. The molecule has 2 heterocycles. The molecule has 0 saturated carbocycles. The predicted molar refractivity (Wildman–Crippen MR) is 87.8 cm³/mol. The van der Waals surface area contributed by atoms with E-state index in [0.717, 1.165) is 14.8 Å². The molecule has 2 aromatic heterocycles. The fraction of sp³-hybridized carbons (Fsp3) is 0.0625. The van der Waals surface area contributed by atoms with Crippen molar-refractivity contribution in [3.63, 3.8) is 0 Å². The summed E-state index contributed by atoms with van der Waals surface area (Å²) in [6.45, 7) is 2.03. The first-order valence-electron chi connectivity index (χ1n) is 6.33. The molecule has 1 amide bonds. The van der Waals surface area contributed by atoms with Gasteiger partial charge in [0.2, 0.25) is 5.88 Å². The van der Waals surface area contributed by atoms with E-state index in [4.69, 9.17) is 8.83 Å². The smallest absolute Gasteiger partial charge is 0.268 e. The standard InChI is InChI=1S/C16H12INO3/c1-11-4-5-13(9-14(11)17)18(15-3-2-7-21-15)16(19)12-6-8-20-10-12/h2-10H,1H3. The topological polar surface area (TPSA) is 46.6 Å². The second-order valence-electron chi connectivity index (χ2n) is 4.54. The second kappa shape index (κ2) is 5.77. The molecule has 0 atom stereocenters. The van der Waals surface area contributed by atoms with Gasteiger partial charge in [-0.05, 0) is 59.3 Å². The van der Waals surface area contributed by atoms with Crippen LogP contribution in [0.1, 0.15) is 15.9 Å². The summed E-state index contributed by atoms with van der Waals surface area (Å²) in [6, 6.07) is 11.0. The molecule has 4 nitrogen and oxygen atoms in total. The number of benzene rings is 1. The van der Waals surface area contributed by atoms with Crippen LogP contribution in [0.5, 0.6) is 0 Å². The van der Waals surface area contributed by atoms with Crippen LogP contribution in [-0.4, -0.2) is 5.91 Å². The van der Waals surface area contributed by atoms with Crippen molar-refractivity contribution in [1.29, 1.82) is 0 Å². The van der Waals surface area contributed by atoms with Gasteiger partial charge in [0, 0.05) is 9.64 Å². The lowest BCUT2D eigenvalue weighted by Gasteiger charge is -2.20. The van der Waals surface area contributed by atoms with Gasteiger partial charge >= 0.3 is 0 Å². The van der Waals surface area contributed by atoms with Crippen molar-refractivity contribution in [1.82, 2.24) is 0 Å².